The van der Waals surface area contributed by atoms with Crippen LogP contribution in [0.15, 0.2) is 81.3 Å². The zero-order chi connectivity index (χ0) is 23.8. The number of rotatable bonds is 7. The monoisotopic (exact) mass is 505 g/mol. The maximum atomic E-state index is 13.0. The third kappa shape index (κ3) is 4.58. The first-order valence-corrected chi connectivity index (χ1v) is 13.2. The second-order valence-corrected chi connectivity index (χ2v) is 11.5. The van der Waals surface area contributed by atoms with Crippen molar-refractivity contribution < 1.29 is 21.6 Å². The molecule has 0 saturated heterocycles. The van der Waals surface area contributed by atoms with Gasteiger partial charge in [-0.1, -0.05) is 12.1 Å². The quantitative estimate of drug-likeness (QED) is 0.398. The second-order valence-electron chi connectivity index (χ2n) is 6.99. The molecule has 0 aliphatic rings. The minimum atomic E-state index is -4.11. The normalized spacial score (nSPS) is 11.9. The molecule has 0 radical (unpaired) electrons. The van der Waals surface area contributed by atoms with Gasteiger partial charge < -0.3 is 4.74 Å². The zero-order valence-corrected chi connectivity index (χ0v) is 19.9. The predicted octanol–water partition coefficient (Wildman–Crippen LogP) is 3.21. The molecule has 1 heterocycles. The molecule has 2 N–H and O–H groups in total. The highest BCUT2D eigenvalue weighted by atomic mass is 32.2. The topological polar surface area (TPSA) is 124 Å². The molecule has 0 spiro atoms. The molecule has 0 bridgehead atoms. The molecular formula is C21H19N3O6S3. The Morgan fingerprint density at radius 2 is 1.36 bits per heavy atom. The number of hydrogen-bond acceptors (Lipinski definition) is 7. The van der Waals surface area contributed by atoms with E-state index in [9.17, 15) is 21.6 Å². The van der Waals surface area contributed by atoms with Gasteiger partial charge in [0.2, 0.25) is 0 Å². The molecule has 4 aromatic rings. The number of anilines is 2. The number of nitrogens with zero attached hydrogens (tertiary/aromatic N) is 1. The standard InChI is InChI=1S/C21H19N3O6S3/c1-24-20-12-11-16(13-17(20)21(25)31-24)33(28,29)23-19-6-4-3-5-18(19)22-32(26,27)15-9-7-14(30-2)8-10-15/h3-13,22-23H,1-2H3. The van der Waals surface area contributed by atoms with Crippen LogP contribution in [0.25, 0.3) is 10.9 Å². The summed E-state index contributed by atoms with van der Waals surface area (Å²) in [5.74, 6) is 0.500. The van der Waals surface area contributed by atoms with Crippen LogP contribution in [0.2, 0.25) is 0 Å². The number of ether oxygens (including phenoxy) is 1. The Morgan fingerprint density at radius 1 is 0.818 bits per heavy atom. The molecule has 0 unspecified atom stereocenters. The van der Waals surface area contributed by atoms with E-state index in [0.29, 0.717) is 16.7 Å². The van der Waals surface area contributed by atoms with E-state index >= 15 is 0 Å². The summed E-state index contributed by atoms with van der Waals surface area (Å²) < 4.78 is 62.9. The van der Waals surface area contributed by atoms with Crippen molar-refractivity contribution in [2.45, 2.75) is 9.79 Å². The lowest BCUT2D eigenvalue weighted by Crippen LogP contribution is -2.17. The number of sulfonamides is 2. The Morgan fingerprint density at radius 3 is 1.94 bits per heavy atom. The van der Waals surface area contributed by atoms with Crippen LogP contribution >= 0.6 is 11.5 Å². The van der Waals surface area contributed by atoms with Gasteiger partial charge in [0, 0.05) is 7.05 Å². The van der Waals surface area contributed by atoms with Gasteiger partial charge in [0.1, 0.15) is 5.75 Å². The Balaban J connectivity index is 1.66. The maximum absolute atomic E-state index is 13.0. The number of methoxy groups -OCH3 is 1. The molecule has 0 aliphatic carbocycles. The van der Waals surface area contributed by atoms with Crippen molar-refractivity contribution in [2.75, 3.05) is 16.6 Å². The van der Waals surface area contributed by atoms with Gasteiger partial charge in [0.15, 0.2) is 0 Å². The van der Waals surface area contributed by atoms with E-state index in [4.69, 9.17) is 4.74 Å². The lowest BCUT2D eigenvalue weighted by molar-refractivity contribution is 0.414. The Labute approximate surface area is 194 Å². The van der Waals surface area contributed by atoms with E-state index in [1.807, 2.05) is 0 Å². The molecule has 33 heavy (non-hydrogen) atoms. The average Bonchev–Trinajstić information content (AvgIpc) is 3.08. The Kier molecular flexibility index (Phi) is 5.91. The third-order valence-corrected chi connectivity index (χ3v) is 8.44. The van der Waals surface area contributed by atoms with E-state index in [1.165, 1.54) is 55.6 Å². The summed E-state index contributed by atoms with van der Waals surface area (Å²) in [4.78, 5) is 12.0. The van der Waals surface area contributed by atoms with Crippen LogP contribution < -0.4 is 18.9 Å². The van der Waals surface area contributed by atoms with Gasteiger partial charge in [-0.05, 0) is 66.1 Å². The van der Waals surface area contributed by atoms with Gasteiger partial charge >= 0.3 is 0 Å². The Bertz CT molecular complexity index is 1610. The molecule has 1 aromatic heterocycles. The SMILES string of the molecule is COc1ccc(S(=O)(=O)Nc2ccccc2NS(=O)(=O)c2ccc3c(c2)c(=O)sn3C)cc1. The van der Waals surface area contributed by atoms with Crippen molar-refractivity contribution in [1.82, 2.24) is 3.96 Å². The third-order valence-electron chi connectivity index (χ3n) is 4.84. The van der Waals surface area contributed by atoms with Crippen LogP contribution in [0.5, 0.6) is 5.75 Å². The van der Waals surface area contributed by atoms with Crippen molar-refractivity contribution in [2.24, 2.45) is 7.05 Å². The first kappa shape index (κ1) is 22.8. The van der Waals surface area contributed by atoms with Gasteiger partial charge in [-0.25, -0.2) is 16.8 Å². The highest BCUT2D eigenvalue weighted by Crippen LogP contribution is 2.28. The summed E-state index contributed by atoms with van der Waals surface area (Å²) in [5, 5.41) is 0.291. The highest BCUT2D eigenvalue weighted by Gasteiger charge is 2.21. The van der Waals surface area contributed by atoms with Gasteiger partial charge in [-0.15, -0.1) is 0 Å². The average molecular weight is 506 g/mol. The van der Waals surface area contributed by atoms with Gasteiger partial charge in [-0.2, -0.15) is 0 Å². The minimum absolute atomic E-state index is 0.0142. The van der Waals surface area contributed by atoms with Crippen molar-refractivity contribution in [3.8, 4) is 5.75 Å². The van der Waals surface area contributed by atoms with Crippen molar-refractivity contribution in [3.63, 3.8) is 0 Å². The van der Waals surface area contributed by atoms with E-state index < -0.39 is 20.0 Å². The lowest BCUT2D eigenvalue weighted by atomic mass is 10.2. The molecule has 9 nitrogen and oxygen atoms in total. The summed E-state index contributed by atoms with van der Waals surface area (Å²) in [6, 6.07) is 16.0. The van der Waals surface area contributed by atoms with Crippen LogP contribution in [0.4, 0.5) is 11.4 Å². The van der Waals surface area contributed by atoms with E-state index in [1.54, 1.807) is 29.2 Å². The number of nitrogens with one attached hydrogen (secondary N) is 2. The molecular weight excluding hydrogens is 486 g/mol. The van der Waals surface area contributed by atoms with E-state index in [2.05, 4.69) is 9.44 Å². The fraction of sp³-hybridized carbons (Fsp3) is 0.0952. The van der Waals surface area contributed by atoms with E-state index in [-0.39, 0.29) is 25.9 Å². The first-order valence-electron chi connectivity index (χ1n) is 9.49. The number of aromatic nitrogens is 1. The predicted molar refractivity (Wildman–Crippen MR) is 128 cm³/mol. The van der Waals surface area contributed by atoms with Crippen LogP contribution in [-0.2, 0) is 27.1 Å². The number of hydrogen-bond donors (Lipinski definition) is 2. The molecule has 3 aromatic carbocycles. The number of aryl methyl sites for hydroxylation is 1. The van der Waals surface area contributed by atoms with Crippen molar-refractivity contribution in [3.05, 3.63) is 76.3 Å². The van der Waals surface area contributed by atoms with E-state index in [0.717, 1.165) is 11.5 Å². The zero-order valence-electron chi connectivity index (χ0n) is 17.5. The molecule has 0 saturated carbocycles. The van der Waals surface area contributed by atoms with Crippen LogP contribution in [-0.4, -0.2) is 27.9 Å². The highest BCUT2D eigenvalue weighted by molar-refractivity contribution is 7.93. The molecule has 0 aliphatic heterocycles. The van der Waals surface area contributed by atoms with Gasteiger partial charge in [0.05, 0.1) is 39.2 Å². The van der Waals surface area contributed by atoms with Crippen molar-refractivity contribution in [1.29, 1.82) is 0 Å². The summed E-state index contributed by atoms with van der Waals surface area (Å²) in [5.41, 5.74) is 0.703. The Hall–Kier alpha value is -3.35. The smallest absolute Gasteiger partial charge is 0.261 e. The number of benzene rings is 3. The summed E-state index contributed by atoms with van der Waals surface area (Å²) in [6.45, 7) is 0. The van der Waals surface area contributed by atoms with Crippen LogP contribution in [0.1, 0.15) is 0 Å². The summed E-state index contributed by atoms with van der Waals surface area (Å²) >= 11 is 0.976. The summed E-state index contributed by atoms with van der Waals surface area (Å²) in [6.07, 6.45) is 0. The van der Waals surface area contributed by atoms with Gasteiger partial charge in [-0.3, -0.25) is 18.2 Å². The van der Waals surface area contributed by atoms with Gasteiger partial charge in [0.25, 0.3) is 24.8 Å². The fourth-order valence-electron chi connectivity index (χ4n) is 3.17. The molecule has 12 heteroatoms. The molecule has 172 valence electrons. The number of para-hydroxylation sites is 2. The lowest BCUT2D eigenvalue weighted by Gasteiger charge is -2.15. The fourth-order valence-corrected chi connectivity index (χ4v) is 6.12. The maximum Gasteiger partial charge on any atom is 0.261 e. The molecule has 0 amide bonds. The second kappa shape index (κ2) is 8.54. The number of fused-ring (bicyclic) bond motifs is 1. The largest absolute Gasteiger partial charge is 0.497 e. The molecule has 0 fully saturated rings. The molecule has 4 rings (SSSR count). The summed E-state index contributed by atoms with van der Waals surface area (Å²) in [7, 11) is -4.92. The van der Waals surface area contributed by atoms with Crippen molar-refractivity contribution >= 4 is 53.9 Å². The van der Waals surface area contributed by atoms with Crippen LogP contribution in [0, 0.1) is 0 Å². The first-order chi connectivity index (χ1) is 15.6. The minimum Gasteiger partial charge on any atom is -0.497 e. The molecule has 0 atom stereocenters. The van der Waals surface area contributed by atoms with Crippen LogP contribution in [0.3, 0.4) is 0 Å².